The van der Waals surface area contributed by atoms with Gasteiger partial charge in [0.1, 0.15) is 17.9 Å². The molecule has 1 heterocycles. The van der Waals surface area contributed by atoms with Gasteiger partial charge in [-0.15, -0.1) is 0 Å². The fraction of sp³-hybridized carbons (Fsp3) is 0.0769. The first-order valence-electron chi connectivity index (χ1n) is 4.98. The number of hydrogen-bond donors (Lipinski definition) is 0. The van der Waals surface area contributed by atoms with Crippen molar-refractivity contribution in [1.29, 1.82) is 10.5 Å². The van der Waals surface area contributed by atoms with Gasteiger partial charge in [-0.2, -0.15) is 10.5 Å². The van der Waals surface area contributed by atoms with Gasteiger partial charge in [0.05, 0.1) is 11.1 Å². The van der Waals surface area contributed by atoms with Gasteiger partial charge in [0.25, 0.3) is 0 Å². The van der Waals surface area contributed by atoms with E-state index < -0.39 is 0 Å². The lowest BCUT2D eigenvalue weighted by atomic mass is 10.1. The molecule has 17 heavy (non-hydrogen) atoms. The molecule has 2 aromatic rings. The van der Waals surface area contributed by atoms with E-state index in [9.17, 15) is 0 Å². The fourth-order valence-electron chi connectivity index (χ4n) is 1.45. The van der Waals surface area contributed by atoms with Gasteiger partial charge in [0.2, 0.25) is 0 Å². The zero-order valence-electron chi connectivity index (χ0n) is 9.21. The second-order valence-electron chi connectivity index (χ2n) is 3.49. The molecular weight excluding hydrogens is 214 g/mol. The first-order chi connectivity index (χ1) is 8.24. The van der Waals surface area contributed by atoms with E-state index >= 15 is 0 Å². The number of aryl methyl sites for hydroxylation is 1. The van der Waals surface area contributed by atoms with Crippen LogP contribution >= 0.6 is 0 Å². The lowest BCUT2D eigenvalue weighted by Crippen LogP contribution is -1.93. The summed E-state index contributed by atoms with van der Waals surface area (Å²) in [7, 11) is 1.87. The quantitative estimate of drug-likeness (QED) is 0.786. The van der Waals surface area contributed by atoms with E-state index in [1.165, 1.54) is 0 Å². The van der Waals surface area contributed by atoms with Crippen LogP contribution in [0.2, 0.25) is 0 Å². The Morgan fingerprint density at radius 2 is 1.88 bits per heavy atom. The summed E-state index contributed by atoms with van der Waals surface area (Å²) < 4.78 is 7.42. The van der Waals surface area contributed by atoms with Crippen LogP contribution in [-0.4, -0.2) is 4.57 Å². The number of aromatic nitrogens is 1. The molecule has 0 aliphatic rings. The monoisotopic (exact) mass is 223 g/mol. The first-order valence-corrected chi connectivity index (χ1v) is 4.98. The van der Waals surface area contributed by atoms with Crippen molar-refractivity contribution in [2.75, 3.05) is 0 Å². The number of benzene rings is 1. The Bertz CT molecular complexity index is 629. The number of nitriles is 2. The van der Waals surface area contributed by atoms with E-state index in [4.69, 9.17) is 15.3 Å². The maximum Gasteiger partial charge on any atom is 0.199 e. The minimum Gasteiger partial charge on any atom is -0.441 e. The molecule has 1 aromatic heterocycles. The smallest absolute Gasteiger partial charge is 0.199 e. The predicted octanol–water partition coefficient (Wildman–Crippen LogP) is 2.56. The highest BCUT2D eigenvalue weighted by atomic mass is 16.5. The van der Waals surface area contributed by atoms with E-state index in [0.29, 0.717) is 22.8 Å². The third kappa shape index (κ3) is 2.11. The van der Waals surface area contributed by atoms with Crippen LogP contribution in [0.3, 0.4) is 0 Å². The van der Waals surface area contributed by atoms with E-state index in [-0.39, 0.29) is 0 Å². The normalized spacial score (nSPS) is 9.35. The third-order valence-electron chi connectivity index (χ3n) is 2.35. The lowest BCUT2D eigenvalue weighted by molar-refractivity contribution is 0.443. The van der Waals surface area contributed by atoms with E-state index in [0.717, 1.165) is 0 Å². The van der Waals surface area contributed by atoms with Crippen LogP contribution in [0.5, 0.6) is 11.6 Å². The van der Waals surface area contributed by atoms with E-state index in [1.807, 2.05) is 42.1 Å². The number of ether oxygens (including phenoxy) is 1. The van der Waals surface area contributed by atoms with Crippen molar-refractivity contribution in [3.63, 3.8) is 0 Å². The second-order valence-corrected chi connectivity index (χ2v) is 3.49. The van der Waals surface area contributed by atoms with Crippen LogP contribution in [0.1, 0.15) is 11.1 Å². The SMILES string of the molecule is Cn1cccc1Oc1ccc(C#N)c(C#N)c1. The van der Waals surface area contributed by atoms with Crippen LogP contribution in [0.15, 0.2) is 36.5 Å². The van der Waals surface area contributed by atoms with Crippen LogP contribution in [0.4, 0.5) is 0 Å². The highest BCUT2D eigenvalue weighted by Crippen LogP contribution is 2.23. The van der Waals surface area contributed by atoms with Gasteiger partial charge < -0.3 is 9.30 Å². The summed E-state index contributed by atoms with van der Waals surface area (Å²) in [5.74, 6) is 1.22. The minimum absolute atomic E-state index is 0.319. The molecule has 0 N–H and O–H groups in total. The van der Waals surface area contributed by atoms with Crippen molar-refractivity contribution in [2.24, 2.45) is 7.05 Å². The first kappa shape index (κ1) is 10.8. The molecule has 2 rings (SSSR count). The Labute approximate surface area is 98.9 Å². The topological polar surface area (TPSA) is 61.7 Å². The van der Waals surface area contributed by atoms with Gasteiger partial charge in [-0.05, 0) is 24.3 Å². The van der Waals surface area contributed by atoms with Crippen molar-refractivity contribution in [1.82, 2.24) is 4.57 Å². The van der Waals surface area contributed by atoms with Crippen molar-refractivity contribution in [3.05, 3.63) is 47.7 Å². The zero-order chi connectivity index (χ0) is 12.3. The summed E-state index contributed by atoms with van der Waals surface area (Å²) >= 11 is 0. The van der Waals surface area contributed by atoms with Gasteiger partial charge in [0.15, 0.2) is 5.88 Å². The van der Waals surface area contributed by atoms with E-state index in [2.05, 4.69) is 0 Å². The Hall–Kier alpha value is -2.72. The Morgan fingerprint density at radius 3 is 2.47 bits per heavy atom. The molecule has 0 amide bonds. The molecule has 0 spiro atoms. The standard InChI is InChI=1S/C13H9N3O/c1-16-6-2-3-13(16)17-12-5-4-10(8-14)11(7-12)9-15/h2-7H,1H3. The Morgan fingerprint density at radius 1 is 1.12 bits per heavy atom. The van der Waals surface area contributed by atoms with Crippen LogP contribution in [0.25, 0.3) is 0 Å². The molecule has 1 aromatic carbocycles. The number of rotatable bonds is 2. The molecule has 4 nitrogen and oxygen atoms in total. The molecule has 0 aliphatic heterocycles. The molecular formula is C13H9N3O. The van der Waals surface area contributed by atoms with Crippen molar-refractivity contribution in [3.8, 4) is 23.8 Å². The number of hydrogen-bond acceptors (Lipinski definition) is 3. The summed E-state index contributed by atoms with van der Waals surface area (Å²) in [6, 6.07) is 12.4. The lowest BCUT2D eigenvalue weighted by Gasteiger charge is -2.06. The summed E-state index contributed by atoms with van der Waals surface area (Å²) in [6.45, 7) is 0. The van der Waals surface area contributed by atoms with Crippen molar-refractivity contribution < 1.29 is 4.74 Å². The van der Waals surface area contributed by atoms with Gasteiger partial charge in [-0.25, -0.2) is 0 Å². The molecule has 0 atom stereocenters. The average molecular weight is 223 g/mol. The van der Waals surface area contributed by atoms with Gasteiger partial charge in [-0.3, -0.25) is 0 Å². The molecule has 4 heteroatoms. The Balaban J connectivity index is 2.33. The maximum atomic E-state index is 8.89. The molecule has 0 fully saturated rings. The Kier molecular flexibility index (Phi) is 2.81. The fourth-order valence-corrected chi connectivity index (χ4v) is 1.45. The molecule has 82 valence electrons. The van der Waals surface area contributed by atoms with E-state index in [1.54, 1.807) is 18.2 Å². The minimum atomic E-state index is 0.319. The molecule has 0 unspecified atom stereocenters. The summed E-state index contributed by atoms with van der Waals surface area (Å²) in [5.41, 5.74) is 0.672. The van der Waals surface area contributed by atoms with Crippen molar-refractivity contribution in [2.45, 2.75) is 0 Å². The zero-order valence-corrected chi connectivity index (χ0v) is 9.21. The van der Waals surface area contributed by atoms with Crippen LogP contribution in [0, 0.1) is 22.7 Å². The maximum absolute atomic E-state index is 8.89. The largest absolute Gasteiger partial charge is 0.441 e. The molecule has 0 bridgehead atoms. The number of nitrogens with zero attached hydrogens (tertiary/aromatic N) is 3. The molecule has 0 radical (unpaired) electrons. The van der Waals surface area contributed by atoms with Crippen LogP contribution in [-0.2, 0) is 7.05 Å². The van der Waals surface area contributed by atoms with Crippen molar-refractivity contribution >= 4 is 0 Å². The molecule has 0 saturated heterocycles. The second kappa shape index (κ2) is 4.42. The van der Waals surface area contributed by atoms with Gasteiger partial charge >= 0.3 is 0 Å². The summed E-state index contributed by atoms with van der Waals surface area (Å²) in [5, 5.41) is 17.7. The van der Waals surface area contributed by atoms with Gasteiger partial charge in [-0.1, -0.05) is 0 Å². The summed E-state index contributed by atoms with van der Waals surface area (Å²) in [6.07, 6.45) is 1.87. The molecule has 0 aliphatic carbocycles. The average Bonchev–Trinajstić information content (AvgIpc) is 2.75. The van der Waals surface area contributed by atoms with Gasteiger partial charge in [0, 0.05) is 19.3 Å². The third-order valence-corrected chi connectivity index (χ3v) is 2.35. The molecule has 0 saturated carbocycles. The highest BCUT2D eigenvalue weighted by molar-refractivity contribution is 5.49. The van der Waals surface area contributed by atoms with Crippen LogP contribution < -0.4 is 4.74 Å². The summed E-state index contributed by atoms with van der Waals surface area (Å²) in [4.78, 5) is 0. The predicted molar refractivity (Wildman–Crippen MR) is 61.4 cm³/mol. The highest BCUT2D eigenvalue weighted by Gasteiger charge is 2.05.